The van der Waals surface area contributed by atoms with Gasteiger partial charge >= 0.3 is 0 Å². The van der Waals surface area contributed by atoms with Crippen LogP contribution in [0.25, 0.3) is 11.0 Å². The number of nitrogens with zero attached hydrogens (tertiary/aromatic N) is 4. The van der Waals surface area contributed by atoms with Crippen molar-refractivity contribution >= 4 is 34.4 Å². The minimum atomic E-state index is 0.0969. The molecule has 0 atom stereocenters. The zero-order valence-corrected chi connectivity index (χ0v) is 19.9. The molecule has 1 saturated heterocycles. The molecule has 2 heterocycles. The lowest BCUT2D eigenvalue weighted by atomic mass is 10.1. The molecule has 0 aliphatic carbocycles. The number of rotatable bonds is 5. The van der Waals surface area contributed by atoms with Gasteiger partial charge in [-0.05, 0) is 42.8 Å². The van der Waals surface area contributed by atoms with Crippen LogP contribution in [0.3, 0.4) is 0 Å². The van der Waals surface area contributed by atoms with E-state index in [0.29, 0.717) is 0 Å². The van der Waals surface area contributed by atoms with Gasteiger partial charge in [-0.3, -0.25) is 4.79 Å². The second-order valence-corrected chi connectivity index (χ2v) is 9.49. The first-order chi connectivity index (χ1) is 16.1. The maximum atomic E-state index is 13.2. The molecule has 0 spiro atoms. The number of imidazole rings is 1. The van der Waals surface area contributed by atoms with Gasteiger partial charge in [0.25, 0.3) is 5.91 Å². The number of benzene rings is 3. The lowest BCUT2D eigenvalue weighted by Gasteiger charge is -2.36. The number of piperazine rings is 1. The van der Waals surface area contributed by atoms with Crippen molar-refractivity contribution in [3.05, 3.63) is 89.5 Å². The monoisotopic (exact) mass is 456 g/mol. The second kappa shape index (κ2) is 9.32. The molecule has 1 aliphatic rings. The summed E-state index contributed by atoms with van der Waals surface area (Å²) in [6, 6.07) is 24.9. The van der Waals surface area contributed by atoms with E-state index in [1.807, 2.05) is 36.2 Å². The molecule has 6 heteroatoms. The first kappa shape index (κ1) is 21.6. The fraction of sp³-hybridized carbons (Fsp3) is 0.259. The van der Waals surface area contributed by atoms with Gasteiger partial charge in [-0.2, -0.15) is 0 Å². The summed E-state index contributed by atoms with van der Waals surface area (Å²) in [6.07, 6.45) is 0. The highest BCUT2D eigenvalue weighted by Crippen LogP contribution is 2.27. The zero-order valence-electron chi connectivity index (χ0n) is 19.1. The van der Waals surface area contributed by atoms with Gasteiger partial charge in [0.05, 0.1) is 11.0 Å². The maximum Gasteiger partial charge on any atom is 0.254 e. The largest absolute Gasteiger partial charge is 0.368 e. The van der Waals surface area contributed by atoms with Crippen molar-refractivity contribution in [2.75, 3.05) is 31.1 Å². The summed E-state index contributed by atoms with van der Waals surface area (Å²) in [5.41, 5.74) is 6.42. The van der Waals surface area contributed by atoms with E-state index in [2.05, 4.69) is 64.9 Å². The van der Waals surface area contributed by atoms with E-state index in [4.69, 9.17) is 4.98 Å². The van der Waals surface area contributed by atoms with Crippen LogP contribution in [0.5, 0.6) is 0 Å². The molecule has 5 nitrogen and oxygen atoms in total. The second-order valence-electron chi connectivity index (χ2n) is 8.55. The Balaban J connectivity index is 1.27. The summed E-state index contributed by atoms with van der Waals surface area (Å²) >= 11 is 1.72. The topological polar surface area (TPSA) is 41.4 Å². The van der Waals surface area contributed by atoms with E-state index in [9.17, 15) is 4.79 Å². The third kappa shape index (κ3) is 4.62. The number of carbonyl (C=O) groups is 1. The van der Waals surface area contributed by atoms with Crippen LogP contribution < -0.4 is 4.90 Å². The van der Waals surface area contributed by atoms with E-state index in [0.717, 1.165) is 53.7 Å². The fourth-order valence-electron chi connectivity index (χ4n) is 4.25. The van der Waals surface area contributed by atoms with Gasteiger partial charge in [0.1, 0.15) is 0 Å². The Morgan fingerprint density at radius 2 is 1.67 bits per heavy atom. The molecule has 1 aromatic heterocycles. The number of thioether (sulfide) groups is 1. The molecule has 1 amide bonds. The fourth-order valence-corrected chi connectivity index (χ4v) is 5.19. The Kier molecular flexibility index (Phi) is 6.09. The number of hydrogen-bond donors (Lipinski definition) is 0. The highest BCUT2D eigenvalue weighted by Gasteiger charge is 2.23. The lowest BCUT2D eigenvalue weighted by molar-refractivity contribution is 0.0747. The number of aromatic nitrogens is 2. The van der Waals surface area contributed by atoms with Crippen LogP contribution in [0.15, 0.2) is 78.0 Å². The molecule has 0 N–H and O–H groups in total. The molecule has 0 saturated carbocycles. The van der Waals surface area contributed by atoms with Crippen LogP contribution in [0.2, 0.25) is 0 Å². The molecule has 33 heavy (non-hydrogen) atoms. The number of amides is 1. The van der Waals surface area contributed by atoms with Crippen molar-refractivity contribution in [2.24, 2.45) is 7.05 Å². The lowest BCUT2D eigenvalue weighted by Crippen LogP contribution is -2.48. The van der Waals surface area contributed by atoms with Crippen molar-refractivity contribution in [1.82, 2.24) is 14.5 Å². The summed E-state index contributed by atoms with van der Waals surface area (Å²) in [6.45, 7) is 5.26. The van der Waals surface area contributed by atoms with Gasteiger partial charge in [-0.15, -0.1) is 0 Å². The van der Waals surface area contributed by atoms with Gasteiger partial charge in [0.15, 0.2) is 5.16 Å². The summed E-state index contributed by atoms with van der Waals surface area (Å²) in [5.74, 6) is 0.967. The van der Waals surface area contributed by atoms with Crippen LogP contribution in [0.4, 0.5) is 5.69 Å². The number of aryl methyl sites for hydroxylation is 2. The Hall–Kier alpha value is -3.25. The normalized spacial score (nSPS) is 14.1. The van der Waals surface area contributed by atoms with E-state index in [-0.39, 0.29) is 5.91 Å². The molecule has 0 bridgehead atoms. The van der Waals surface area contributed by atoms with Crippen molar-refractivity contribution in [2.45, 2.75) is 17.8 Å². The summed E-state index contributed by atoms with van der Waals surface area (Å²) in [4.78, 5) is 22.3. The first-order valence-corrected chi connectivity index (χ1v) is 12.3. The van der Waals surface area contributed by atoms with Gasteiger partial charge in [0, 0.05) is 50.2 Å². The minimum absolute atomic E-state index is 0.0969. The third-order valence-corrected chi connectivity index (χ3v) is 7.36. The Labute approximate surface area is 199 Å². The SMILES string of the molecule is Cc1ccc(CSc2nc3ccc(C(=O)N4CCN(c5ccccc5)CC4)cc3n2C)cc1. The van der Waals surface area contributed by atoms with Crippen LogP contribution in [0, 0.1) is 6.92 Å². The molecule has 168 valence electrons. The molecule has 0 unspecified atom stereocenters. The molecule has 3 aromatic carbocycles. The van der Waals surface area contributed by atoms with Crippen LogP contribution in [-0.2, 0) is 12.8 Å². The van der Waals surface area contributed by atoms with Crippen LogP contribution in [-0.4, -0.2) is 46.5 Å². The zero-order chi connectivity index (χ0) is 22.8. The highest BCUT2D eigenvalue weighted by atomic mass is 32.2. The van der Waals surface area contributed by atoms with E-state index < -0.39 is 0 Å². The van der Waals surface area contributed by atoms with Crippen LogP contribution >= 0.6 is 11.8 Å². The molecule has 1 aliphatic heterocycles. The van der Waals surface area contributed by atoms with Crippen molar-refractivity contribution in [3.63, 3.8) is 0 Å². The van der Waals surface area contributed by atoms with Gasteiger partial charge in [-0.25, -0.2) is 4.98 Å². The van der Waals surface area contributed by atoms with Gasteiger partial charge in [0.2, 0.25) is 0 Å². The molecular formula is C27H28N4OS. The molecule has 4 aromatic rings. The van der Waals surface area contributed by atoms with E-state index in [1.54, 1.807) is 11.8 Å². The third-order valence-electron chi connectivity index (χ3n) is 6.26. The average Bonchev–Trinajstić information content (AvgIpc) is 3.18. The number of carbonyl (C=O) groups excluding carboxylic acids is 1. The smallest absolute Gasteiger partial charge is 0.254 e. The van der Waals surface area contributed by atoms with Gasteiger partial charge in [-0.1, -0.05) is 59.8 Å². The number of fused-ring (bicyclic) bond motifs is 1. The standard InChI is InChI=1S/C27H28N4OS/c1-20-8-10-21(11-9-20)19-33-27-28-24-13-12-22(18-25(24)29(27)2)26(32)31-16-14-30(15-17-31)23-6-4-3-5-7-23/h3-13,18H,14-17,19H2,1-2H3. The average molecular weight is 457 g/mol. The molecule has 0 radical (unpaired) electrons. The van der Waals surface area contributed by atoms with E-state index in [1.165, 1.54) is 16.8 Å². The van der Waals surface area contributed by atoms with Gasteiger partial charge < -0.3 is 14.4 Å². The highest BCUT2D eigenvalue weighted by molar-refractivity contribution is 7.98. The molecular weight excluding hydrogens is 428 g/mol. The Bertz CT molecular complexity index is 1260. The molecule has 1 fully saturated rings. The maximum absolute atomic E-state index is 13.2. The molecule has 5 rings (SSSR count). The minimum Gasteiger partial charge on any atom is -0.368 e. The Morgan fingerprint density at radius 3 is 2.39 bits per heavy atom. The summed E-state index contributed by atoms with van der Waals surface area (Å²) < 4.78 is 2.10. The summed E-state index contributed by atoms with van der Waals surface area (Å²) in [7, 11) is 2.03. The summed E-state index contributed by atoms with van der Waals surface area (Å²) in [5, 5.41) is 0.964. The van der Waals surface area contributed by atoms with Crippen molar-refractivity contribution < 1.29 is 4.79 Å². The first-order valence-electron chi connectivity index (χ1n) is 11.3. The van der Waals surface area contributed by atoms with Crippen molar-refractivity contribution in [1.29, 1.82) is 0 Å². The number of para-hydroxylation sites is 1. The Morgan fingerprint density at radius 1 is 0.939 bits per heavy atom. The number of anilines is 1. The predicted octanol–water partition coefficient (Wildman–Crippen LogP) is 5.14. The quantitative estimate of drug-likeness (QED) is 0.390. The van der Waals surface area contributed by atoms with E-state index >= 15 is 0 Å². The van der Waals surface area contributed by atoms with Crippen molar-refractivity contribution in [3.8, 4) is 0 Å². The van der Waals surface area contributed by atoms with Crippen LogP contribution in [0.1, 0.15) is 21.5 Å². The predicted molar refractivity (Wildman–Crippen MR) is 136 cm³/mol. The number of hydrogen-bond acceptors (Lipinski definition) is 4.